The highest BCUT2D eigenvalue weighted by atomic mass is 32.1. The number of thiazole rings is 1. The average Bonchev–Trinajstić information content (AvgIpc) is 3.36. The molecule has 0 saturated carbocycles. The molecule has 2 aromatic carbocycles. The molecule has 1 aliphatic rings. The molecular formula is C27H32N4OS. The van der Waals surface area contributed by atoms with Crippen LogP contribution in [0.4, 0.5) is 5.69 Å². The highest BCUT2D eigenvalue weighted by Crippen LogP contribution is 2.35. The molecular weight excluding hydrogens is 428 g/mol. The lowest BCUT2D eigenvalue weighted by Gasteiger charge is -2.30. The first-order chi connectivity index (χ1) is 16.1. The lowest BCUT2D eigenvalue weighted by atomic mass is 9.87. The van der Waals surface area contributed by atoms with Crippen LogP contribution in [-0.4, -0.2) is 46.9 Å². The number of anilines is 1. The molecule has 1 amide bonds. The molecule has 1 aliphatic heterocycles. The fraction of sp³-hybridized carbons (Fsp3) is 0.333. The Morgan fingerprint density at radius 1 is 1.03 bits per heavy atom. The lowest BCUT2D eigenvalue weighted by molar-refractivity contribution is 0.0773. The maximum Gasteiger partial charge on any atom is 0.253 e. The number of nitrogens with zero attached hydrogens (tertiary/aromatic N) is 3. The number of nitrogens with two attached hydrogens (primary N) is 1. The summed E-state index contributed by atoms with van der Waals surface area (Å²) < 4.78 is 0. The van der Waals surface area contributed by atoms with Crippen molar-refractivity contribution in [3.05, 3.63) is 87.4 Å². The van der Waals surface area contributed by atoms with Crippen LogP contribution in [0.25, 0.3) is 5.57 Å². The van der Waals surface area contributed by atoms with Gasteiger partial charge in [0.2, 0.25) is 0 Å². The van der Waals surface area contributed by atoms with Gasteiger partial charge in [-0.1, -0.05) is 35.9 Å². The number of hydrogen-bond acceptors (Lipinski definition) is 5. The van der Waals surface area contributed by atoms with E-state index in [0.717, 1.165) is 60.5 Å². The van der Waals surface area contributed by atoms with Crippen molar-refractivity contribution in [3.8, 4) is 0 Å². The molecule has 3 aromatic rings. The zero-order valence-electron chi connectivity index (χ0n) is 19.5. The van der Waals surface area contributed by atoms with Crippen LogP contribution in [0.2, 0.25) is 0 Å². The molecule has 1 saturated heterocycles. The minimum absolute atomic E-state index is 0.0790. The number of carbonyl (C=O) groups excluding carboxylic acids is 1. The van der Waals surface area contributed by atoms with Crippen molar-refractivity contribution < 1.29 is 4.79 Å². The maximum absolute atomic E-state index is 12.8. The van der Waals surface area contributed by atoms with E-state index in [0.29, 0.717) is 13.1 Å². The topological polar surface area (TPSA) is 62.5 Å². The van der Waals surface area contributed by atoms with E-state index in [1.807, 2.05) is 54.6 Å². The summed E-state index contributed by atoms with van der Waals surface area (Å²) in [6, 6.07) is 16.1. The summed E-state index contributed by atoms with van der Waals surface area (Å²) in [5, 5.41) is 2.13. The quantitative estimate of drug-likeness (QED) is 0.486. The second kappa shape index (κ2) is 10.8. The minimum atomic E-state index is 0.0790. The van der Waals surface area contributed by atoms with E-state index in [1.165, 1.54) is 11.1 Å². The Morgan fingerprint density at radius 2 is 1.70 bits per heavy atom. The van der Waals surface area contributed by atoms with Crippen molar-refractivity contribution in [2.75, 3.05) is 31.9 Å². The molecule has 4 rings (SSSR count). The number of rotatable bonds is 7. The van der Waals surface area contributed by atoms with Gasteiger partial charge in [0.25, 0.3) is 5.91 Å². The van der Waals surface area contributed by atoms with Gasteiger partial charge in [0.15, 0.2) is 0 Å². The highest BCUT2D eigenvalue weighted by molar-refractivity contribution is 7.07. The van der Waals surface area contributed by atoms with Crippen LogP contribution in [0.15, 0.2) is 65.0 Å². The third-order valence-electron chi connectivity index (χ3n) is 6.38. The Balaban J connectivity index is 1.63. The van der Waals surface area contributed by atoms with Gasteiger partial charge in [-0.2, -0.15) is 0 Å². The van der Waals surface area contributed by atoms with E-state index < -0.39 is 0 Å². The molecule has 172 valence electrons. The maximum atomic E-state index is 12.8. The van der Waals surface area contributed by atoms with Crippen molar-refractivity contribution in [2.45, 2.75) is 33.2 Å². The van der Waals surface area contributed by atoms with Crippen LogP contribution in [-0.2, 0) is 6.54 Å². The second-order valence-corrected chi connectivity index (χ2v) is 9.10. The summed E-state index contributed by atoms with van der Waals surface area (Å²) in [6.07, 6.45) is 1.99. The van der Waals surface area contributed by atoms with Gasteiger partial charge in [0, 0.05) is 54.9 Å². The van der Waals surface area contributed by atoms with Crippen LogP contribution in [0.3, 0.4) is 0 Å². The predicted octanol–water partition coefficient (Wildman–Crippen LogP) is 5.31. The van der Waals surface area contributed by atoms with Gasteiger partial charge < -0.3 is 10.6 Å². The Bertz CT molecular complexity index is 1090. The van der Waals surface area contributed by atoms with Gasteiger partial charge in [0.05, 0.1) is 11.2 Å². The van der Waals surface area contributed by atoms with Gasteiger partial charge in [0.1, 0.15) is 0 Å². The first-order valence-corrected chi connectivity index (χ1v) is 12.6. The number of aromatic nitrogens is 1. The van der Waals surface area contributed by atoms with E-state index in [2.05, 4.69) is 33.5 Å². The Labute approximate surface area is 200 Å². The molecule has 1 fully saturated rings. The molecule has 0 spiro atoms. The smallest absolute Gasteiger partial charge is 0.253 e. The number of benzene rings is 2. The third-order valence-corrected chi connectivity index (χ3v) is 7.02. The molecule has 1 aromatic heterocycles. The van der Waals surface area contributed by atoms with E-state index in [1.54, 1.807) is 11.3 Å². The highest BCUT2D eigenvalue weighted by Gasteiger charge is 2.21. The molecule has 33 heavy (non-hydrogen) atoms. The molecule has 5 nitrogen and oxygen atoms in total. The number of hydrogen-bond donors (Lipinski definition) is 1. The number of amides is 1. The van der Waals surface area contributed by atoms with Gasteiger partial charge >= 0.3 is 0 Å². The first kappa shape index (κ1) is 23.2. The largest absolute Gasteiger partial charge is 0.398 e. The number of likely N-dealkylation sites (tertiary alicyclic amines) is 1. The van der Waals surface area contributed by atoms with E-state index >= 15 is 0 Å². The number of nitrogen functional groups attached to an aromatic ring is 1. The monoisotopic (exact) mass is 460 g/mol. The van der Waals surface area contributed by atoms with Gasteiger partial charge in [-0.15, -0.1) is 11.3 Å². The average molecular weight is 461 g/mol. The standard InChI is InChI=1S/C27H32N4OS/c1-3-31(4-2)27(32)22-11-9-20(10-12-22)26(24-7-5-6-8-25(24)28)21-13-15-30(16-14-21)17-23-18-33-19-29-23/h5-12,18-19H,3-4,13-17,28H2,1-2H3. The van der Waals surface area contributed by atoms with Gasteiger partial charge in [-0.25, -0.2) is 4.98 Å². The molecule has 0 aliphatic carbocycles. The van der Waals surface area contributed by atoms with E-state index in [9.17, 15) is 4.79 Å². The molecule has 2 heterocycles. The first-order valence-electron chi connectivity index (χ1n) is 11.7. The fourth-order valence-corrected chi connectivity index (χ4v) is 5.07. The molecule has 0 radical (unpaired) electrons. The molecule has 2 N–H and O–H groups in total. The summed E-state index contributed by atoms with van der Waals surface area (Å²) in [6.45, 7) is 8.36. The van der Waals surface area contributed by atoms with Crippen molar-refractivity contribution in [1.29, 1.82) is 0 Å². The molecule has 6 heteroatoms. The third kappa shape index (κ3) is 5.34. The van der Waals surface area contributed by atoms with Crippen molar-refractivity contribution >= 4 is 28.5 Å². The summed E-state index contributed by atoms with van der Waals surface area (Å²) in [5.41, 5.74) is 15.8. The zero-order chi connectivity index (χ0) is 23.2. The number of para-hydroxylation sites is 1. The lowest BCUT2D eigenvalue weighted by Crippen LogP contribution is -2.31. The summed E-state index contributed by atoms with van der Waals surface area (Å²) >= 11 is 1.65. The SMILES string of the molecule is CCN(CC)C(=O)c1ccc(C(=C2CCN(Cc3cscn3)CC2)c2ccccc2N)cc1. The van der Waals surface area contributed by atoms with Crippen LogP contribution in [0, 0.1) is 0 Å². The Morgan fingerprint density at radius 3 is 2.30 bits per heavy atom. The van der Waals surface area contributed by atoms with Gasteiger partial charge in [-0.05, 0) is 56.0 Å². The summed E-state index contributed by atoms with van der Waals surface area (Å²) in [4.78, 5) is 21.5. The van der Waals surface area contributed by atoms with Gasteiger partial charge in [-0.3, -0.25) is 9.69 Å². The predicted molar refractivity (Wildman–Crippen MR) is 137 cm³/mol. The Kier molecular flexibility index (Phi) is 7.57. The summed E-state index contributed by atoms with van der Waals surface area (Å²) in [7, 11) is 0. The molecule has 0 atom stereocenters. The molecule has 0 bridgehead atoms. The Hall–Kier alpha value is -2.96. The molecule has 0 unspecified atom stereocenters. The zero-order valence-corrected chi connectivity index (χ0v) is 20.3. The van der Waals surface area contributed by atoms with Crippen LogP contribution in [0.5, 0.6) is 0 Å². The second-order valence-electron chi connectivity index (χ2n) is 8.38. The van der Waals surface area contributed by atoms with E-state index in [-0.39, 0.29) is 5.91 Å². The number of piperidine rings is 1. The van der Waals surface area contributed by atoms with Crippen molar-refractivity contribution in [2.24, 2.45) is 0 Å². The van der Waals surface area contributed by atoms with Crippen LogP contribution >= 0.6 is 11.3 Å². The summed E-state index contributed by atoms with van der Waals surface area (Å²) in [5.74, 6) is 0.0790. The number of carbonyl (C=O) groups is 1. The fourth-order valence-electron chi connectivity index (χ4n) is 4.52. The van der Waals surface area contributed by atoms with E-state index in [4.69, 9.17) is 5.73 Å². The minimum Gasteiger partial charge on any atom is -0.398 e. The van der Waals surface area contributed by atoms with Crippen LogP contribution < -0.4 is 5.73 Å². The van der Waals surface area contributed by atoms with Crippen molar-refractivity contribution in [1.82, 2.24) is 14.8 Å². The normalized spacial score (nSPS) is 14.3. The van der Waals surface area contributed by atoms with Crippen LogP contribution in [0.1, 0.15) is 53.9 Å². The van der Waals surface area contributed by atoms with Crippen molar-refractivity contribution in [3.63, 3.8) is 0 Å².